The molecule has 6 nitrogen and oxygen atoms in total. The molecule has 7 heteroatoms. The normalized spacial score (nSPS) is 13.2. The van der Waals surface area contributed by atoms with Gasteiger partial charge in [0, 0.05) is 59.7 Å². The van der Waals surface area contributed by atoms with Crippen LogP contribution in [0.3, 0.4) is 0 Å². The molecule has 26 heavy (non-hydrogen) atoms. The zero-order valence-electron chi connectivity index (χ0n) is 14.8. The SMILES string of the molecule is CC(=O)c1cn(CCC(=O)Nc2c3c(nn2C)CSC3)c2ccccc12. The summed E-state index contributed by atoms with van der Waals surface area (Å²) in [6, 6.07) is 7.79. The molecule has 0 saturated carbocycles. The highest BCUT2D eigenvalue weighted by Crippen LogP contribution is 2.34. The van der Waals surface area contributed by atoms with Crippen molar-refractivity contribution in [1.82, 2.24) is 14.3 Å². The zero-order chi connectivity index (χ0) is 18.3. The number of aryl methyl sites for hydroxylation is 2. The number of amides is 1. The third-order valence-electron chi connectivity index (χ3n) is 4.72. The fourth-order valence-electron chi connectivity index (χ4n) is 3.43. The number of ketones is 1. The molecule has 1 amide bonds. The Bertz CT molecular complexity index is 1020. The van der Waals surface area contributed by atoms with E-state index in [1.165, 1.54) is 0 Å². The van der Waals surface area contributed by atoms with E-state index in [9.17, 15) is 9.59 Å². The average Bonchev–Trinajstić information content (AvgIpc) is 3.28. The van der Waals surface area contributed by atoms with Gasteiger partial charge in [0.05, 0.1) is 5.69 Å². The van der Waals surface area contributed by atoms with Crippen LogP contribution in [0, 0.1) is 0 Å². The van der Waals surface area contributed by atoms with E-state index in [2.05, 4.69) is 10.4 Å². The fraction of sp³-hybridized carbons (Fsp3) is 0.316. The Kier molecular flexibility index (Phi) is 4.32. The second kappa shape index (κ2) is 6.64. The molecule has 0 bridgehead atoms. The Hall–Kier alpha value is -2.54. The smallest absolute Gasteiger partial charge is 0.227 e. The van der Waals surface area contributed by atoms with Gasteiger partial charge in [-0.3, -0.25) is 14.3 Å². The van der Waals surface area contributed by atoms with Crippen molar-refractivity contribution in [3.63, 3.8) is 0 Å². The van der Waals surface area contributed by atoms with E-state index in [0.717, 1.165) is 39.5 Å². The first kappa shape index (κ1) is 16.9. The summed E-state index contributed by atoms with van der Waals surface area (Å²) >= 11 is 1.81. The number of para-hydroxylation sites is 1. The maximum atomic E-state index is 12.5. The lowest BCUT2D eigenvalue weighted by Gasteiger charge is -2.09. The number of rotatable bonds is 5. The standard InChI is InChI=1S/C19H20N4O2S/c1-12(24)14-9-23(17-6-4-3-5-13(14)17)8-7-18(25)20-19-15-10-26-11-16(15)21-22(19)2/h3-6,9H,7-8,10-11H2,1-2H3,(H,20,25). The van der Waals surface area contributed by atoms with Gasteiger partial charge >= 0.3 is 0 Å². The van der Waals surface area contributed by atoms with E-state index < -0.39 is 0 Å². The molecular formula is C19H20N4O2S. The summed E-state index contributed by atoms with van der Waals surface area (Å²) in [6.45, 7) is 2.09. The number of carbonyl (C=O) groups is 2. The molecule has 3 aromatic rings. The first-order chi connectivity index (χ1) is 12.5. The van der Waals surface area contributed by atoms with Crippen LogP contribution in [-0.4, -0.2) is 26.0 Å². The van der Waals surface area contributed by atoms with Gasteiger partial charge < -0.3 is 9.88 Å². The molecule has 0 fully saturated rings. The molecule has 0 saturated heterocycles. The van der Waals surface area contributed by atoms with E-state index in [-0.39, 0.29) is 11.7 Å². The van der Waals surface area contributed by atoms with Crippen LogP contribution in [0.2, 0.25) is 0 Å². The van der Waals surface area contributed by atoms with Crippen molar-refractivity contribution in [1.29, 1.82) is 0 Å². The number of Topliss-reactive ketones (excluding diaryl/α,β-unsaturated/α-hetero) is 1. The molecule has 0 unspecified atom stereocenters. The summed E-state index contributed by atoms with van der Waals surface area (Å²) in [5, 5.41) is 8.40. The largest absolute Gasteiger partial charge is 0.346 e. The Morgan fingerprint density at radius 1 is 1.27 bits per heavy atom. The Morgan fingerprint density at radius 3 is 2.88 bits per heavy atom. The number of nitrogens with one attached hydrogen (secondary N) is 1. The molecule has 1 aliphatic heterocycles. The summed E-state index contributed by atoms with van der Waals surface area (Å²) in [5.41, 5.74) is 3.87. The summed E-state index contributed by atoms with van der Waals surface area (Å²) in [4.78, 5) is 24.3. The summed E-state index contributed by atoms with van der Waals surface area (Å²) < 4.78 is 3.73. The second-order valence-corrected chi connectivity index (χ2v) is 7.48. The Morgan fingerprint density at radius 2 is 2.08 bits per heavy atom. The Labute approximate surface area is 155 Å². The minimum absolute atomic E-state index is 0.0346. The molecule has 1 aromatic carbocycles. The van der Waals surface area contributed by atoms with E-state index in [1.54, 1.807) is 11.6 Å². The third-order valence-corrected chi connectivity index (χ3v) is 5.69. The number of anilines is 1. The number of aromatic nitrogens is 3. The fourth-order valence-corrected chi connectivity index (χ4v) is 4.46. The maximum absolute atomic E-state index is 12.5. The van der Waals surface area contributed by atoms with Gasteiger partial charge in [-0.15, -0.1) is 0 Å². The van der Waals surface area contributed by atoms with Crippen LogP contribution >= 0.6 is 11.8 Å². The van der Waals surface area contributed by atoms with Gasteiger partial charge in [-0.1, -0.05) is 18.2 Å². The Balaban J connectivity index is 1.50. The highest BCUT2D eigenvalue weighted by molar-refractivity contribution is 7.98. The second-order valence-electron chi connectivity index (χ2n) is 6.50. The monoisotopic (exact) mass is 368 g/mol. The average molecular weight is 368 g/mol. The molecule has 1 N–H and O–H groups in total. The van der Waals surface area contributed by atoms with Crippen LogP contribution < -0.4 is 5.32 Å². The van der Waals surface area contributed by atoms with E-state index in [1.807, 2.05) is 53.8 Å². The lowest BCUT2D eigenvalue weighted by molar-refractivity contribution is -0.116. The van der Waals surface area contributed by atoms with Gasteiger partial charge in [0.25, 0.3) is 0 Å². The molecule has 2 aromatic heterocycles. The van der Waals surface area contributed by atoms with E-state index in [4.69, 9.17) is 0 Å². The lowest BCUT2D eigenvalue weighted by Crippen LogP contribution is -2.17. The number of benzene rings is 1. The minimum atomic E-state index is -0.0464. The van der Waals surface area contributed by atoms with Crippen molar-refractivity contribution in [3.8, 4) is 0 Å². The third kappa shape index (κ3) is 2.92. The van der Waals surface area contributed by atoms with Crippen molar-refractivity contribution in [3.05, 3.63) is 47.3 Å². The summed E-state index contributed by atoms with van der Waals surface area (Å²) in [5.74, 6) is 2.59. The molecule has 0 aliphatic carbocycles. The van der Waals surface area contributed by atoms with Crippen molar-refractivity contribution in [2.45, 2.75) is 31.4 Å². The van der Waals surface area contributed by atoms with Crippen molar-refractivity contribution < 1.29 is 9.59 Å². The van der Waals surface area contributed by atoms with Crippen LogP contribution in [0.4, 0.5) is 5.82 Å². The number of hydrogen-bond acceptors (Lipinski definition) is 4. The van der Waals surface area contributed by atoms with E-state index in [0.29, 0.717) is 18.5 Å². The highest BCUT2D eigenvalue weighted by Gasteiger charge is 2.22. The zero-order valence-corrected chi connectivity index (χ0v) is 15.6. The number of fused-ring (bicyclic) bond motifs is 2. The van der Waals surface area contributed by atoms with Crippen LogP contribution in [0.15, 0.2) is 30.5 Å². The molecule has 134 valence electrons. The van der Waals surface area contributed by atoms with Gasteiger partial charge in [0.15, 0.2) is 5.78 Å². The molecule has 1 aliphatic rings. The molecule has 3 heterocycles. The van der Waals surface area contributed by atoms with Gasteiger partial charge in [0.1, 0.15) is 5.82 Å². The molecule has 0 atom stereocenters. The van der Waals surface area contributed by atoms with Gasteiger partial charge in [0.2, 0.25) is 5.91 Å². The van der Waals surface area contributed by atoms with Gasteiger partial charge in [-0.05, 0) is 13.0 Å². The van der Waals surface area contributed by atoms with Crippen LogP contribution in [0.25, 0.3) is 10.9 Å². The van der Waals surface area contributed by atoms with E-state index >= 15 is 0 Å². The predicted molar refractivity (Wildman–Crippen MR) is 103 cm³/mol. The number of thioether (sulfide) groups is 1. The summed E-state index contributed by atoms with van der Waals surface area (Å²) in [6.07, 6.45) is 2.18. The van der Waals surface area contributed by atoms with Crippen LogP contribution in [-0.2, 0) is 29.9 Å². The van der Waals surface area contributed by atoms with Crippen LogP contribution in [0.5, 0.6) is 0 Å². The predicted octanol–water partition coefficient (Wildman–Crippen LogP) is 3.35. The first-order valence-corrected chi connectivity index (χ1v) is 9.71. The van der Waals surface area contributed by atoms with Crippen LogP contribution in [0.1, 0.15) is 35.0 Å². The summed E-state index contributed by atoms with van der Waals surface area (Å²) in [7, 11) is 1.86. The number of carbonyl (C=O) groups excluding carboxylic acids is 2. The van der Waals surface area contributed by atoms with Crippen molar-refractivity contribution in [2.24, 2.45) is 7.05 Å². The lowest BCUT2D eigenvalue weighted by atomic mass is 10.1. The van der Waals surface area contributed by atoms with Crippen molar-refractivity contribution >= 4 is 40.2 Å². The molecule has 0 radical (unpaired) electrons. The molecule has 4 rings (SSSR count). The van der Waals surface area contributed by atoms with Gasteiger partial charge in [-0.2, -0.15) is 16.9 Å². The number of nitrogens with zero attached hydrogens (tertiary/aromatic N) is 3. The molecular weight excluding hydrogens is 348 g/mol. The quantitative estimate of drug-likeness (QED) is 0.701. The minimum Gasteiger partial charge on any atom is -0.346 e. The maximum Gasteiger partial charge on any atom is 0.227 e. The highest BCUT2D eigenvalue weighted by atomic mass is 32.2. The molecule has 0 spiro atoms. The number of hydrogen-bond donors (Lipinski definition) is 1. The van der Waals surface area contributed by atoms with Crippen molar-refractivity contribution in [2.75, 3.05) is 5.32 Å². The van der Waals surface area contributed by atoms with Gasteiger partial charge in [-0.25, -0.2) is 0 Å². The topological polar surface area (TPSA) is 68.9 Å². The first-order valence-electron chi connectivity index (χ1n) is 8.55.